The highest BCUT2D eigenvalue weighted by Gasteiger charge is 2.26. The molecule has 112 valence electrons. The van der Waals surface area contributed by atoms with E-state index in [0.29, 0.717) is 22.8 Å². The minimum absolute atomic E-state index is 0.280. The van der Waals surface area contributed by atoms with Crippen LogP contribution in [0, 0.1) is 12.8 Å². The van der Waals surface area contributed by atoms with Crippen LogP contribution in [0.5, 0.6) is 0 Å². The number of rotatable bonds is 5. The molecule has 4 heteroatoms. The summed E-state index contributed by atoms with van der Waals surface area (Å²) in [4.78, 5) is 13.8. The molecule has 0 bridgehead atoms. The number of carboxylic acid groups (broad SMARTS) is 1. The van der Waals surface area contributed by atoms with E-state index in [9.17, 15) is 9.90 Å². The van der Waals surface area contributed by atoms with Crippen molar-refractivity contribution in [2.24, 2.45) is 5.92 Å². The lowest BCUT2D eigenvalue weighted by Crippen LogP contribution is -2.32. The van der Waals surface area contributed by atoms with Gasteiger partial charge in [-0.25, -0.2) is 4.79 Å². The minimum atomic E-state index is -0.929. The second-order valence-corrected chi connectivity index (χ2v) is 6.21. The molecule has 2 aromatic rings. The molecule has 1 aromatic carbocycles. The van der Waals surface area contributed by atoms with Crippen molar-refractivity contribution in [2.45, 2.75) is 39.7 Å². The molecule has 0 saturated heterocycles. The monoisotopic (exact) mass is 287 g/mol. The number of hydrogen-bond acceptors (Lipinski definition) is 3. The summed E-state index contributed by atoms with van der Waals surface area (Å²) in [5.41, 5.74) is 2.00. The van der Waals surface area contributed by atoms with Gasteiger partial charge in [0.15, 0.2) is 0 Å². The summed E-state index contributed by atoms with van der Waals surface area (Å²) >= 11 is 0. The molecule has 0 spiro atoms. The number of aromatic carboxylic acids is 1. The van der Waals surface area contributed by atoms with Gasteiger partial charge in [-0.3, -0.25) is 0 Å². The van der Waals surface area contributed by atoms with E-state index >= 15 is 0 Å². The third-order valence-electron chi connectivity index (χ3n) is 4.17. The van der Waals surface area contributed by atoms with Crippen LogP contribution in [0.2, 0.25) is 0 Å². The van der Waals surface area contributed by atoms with Crippen molar-refractivity contribution in [3.63, 3.8) is 0 Å². The van der Waals surface area contributed by atoms with E-state index < -0.39 is 5.97 Å². The zero-order valence-corrected chi connectivity index (χ0v) is 12.7. The van der Waals surface area contributed by atoms with Gasteiger partial charge in [-0.05, 0) is 57.7 Å². The van der Waals surface area contributed by atoms with Crippen LogP contribution in [0.25, 0.3) is 11.0 Å². The molecule has 0 unspecified atom stereocenters. The van der Waals surface area contributed by atoms with Gasteiger partial charge in [0, 0.05) is 23.7 Å². The number of benzene rings is 1. The number of carbonyl (C=O) groups is 1. The van der Waals surface area contributed by atoms with Crippen LogP contribution in [0.15, 0.2) is 22.6 Å². The standard InChI is InChI=1S/C17H21NO3/c1-10(2)18(9-12-4-5-12)13-6-7-15-14(8-13)16(17(19)20)11(3)21-15/h6-8,10,12H,4-5,9H2,1-3H3,(H,19,20). The van der Waals surface area contributed by atoms with Gasteiger partial charge in [-0.1, -0.05) is 0 Å². The fraction of sp³-hybridized carbons (Fsp3) is 0.471. The average Bonchev–Trinajstić information content (AvgIpc) is 3.15. The Bertz CT molecular complexity index is 683. The Kier molecular flexibility index (Phi) is 3.40. The van der Waals surface area contributed by atoms with E-state index in [1.54, 1.807) is 6.92 Å². The molecule has 1 heterocycles. The van der Waals surface area contributed by atoms with E-state index in [-0.39, 0.29) is 5.56 Å². The largest absolute Gasteiger partial charge is 0.478 e. The maximum Gasteiger partial charge on any atom is 0.339 e. The number of aryl methyl sites for hydroxylation is 1. The Hall–Kier alpha value is -1.97. The van der Waals surface area contributed by atoms with E-state index in [1.165, 1.54) is 12.8 Å². The van der Waals surface area contributed by atoms with Gasteiger partial charge in [0.25, 0.3) is 0 Å². The van der Waals surface area contributed by atoms with Crippen LogP contribution in [0.4, 0.5) is 5.69 Å². The molecule has 21 heavy (non-hydrogen) atoms. The molecular formula is C17H21NO3. The van der Waals surface area contributed by atoms with E-state index in [1.807, 2.05) is 18.2 Å². The molecule has 3 rings (SSSR count). The van der Waals surface area contributed by atoms with Crippen LogP contribution in [-0.2, 0) is 0 Å². The van der Waals surface area contributed by atoms with E-state index in [2.05, 4.69) is 18.7 Å². The van der Waals surface area contributed by atoms with Crippen molar-refractivity contribution in [1.29, 1.82) is 0 Å². The quantitative estimate of drug-likeness (QED) is 0.900. The van der Waals surface area contributed by atoms with Crippen molar-refractivity contribution in [3.8, 4) is 0 Å². The Balaban J connectivity index is 2.05. The normalized spacial score (nSPS) is 14.9. The Labute approximate surface area is 124 Å². The van der Waals surface area contributed by atoms with Crippen LogP contribution >= 0.6 is 0 Å². The van der Waals surface area contributed by atoms with Gasteiger partial charge in [-0.15, -0.1) is 0 Å². The first-order valence-corrected chi connectivity index (χ1v) is 7.50. The number of carboxylic acids is 1. The SMILES string of the molecule is Cc1oc2ccc(N(CC3CC3)C(C)C)cc2c1C(=O)O. The third-order valence-corrected chi connectivity index (χ3v) is 4.17. The highest BCUT2D eigenvalue weighted by Crippen LogP contribution is 2.34. The third kappa shape index (κ3) is 2.62. The molecule has 4 nitrogen and oxygen atoms in total. The average molecular weight is 287 g/mol. The lowest BCUT2D eigenvalue weighted by atomic mass is 10.1. The number of fused-ring (bicyclic) bond motifs is 1. The van der Waals surface area contributed by atoms with Crippen molar-refractivity contribution in [1.82, 2.24) is 0 Å². The summed E-state index contributed by atoms with van der Waals surface area (Å²) in [6, 6.07) is 6.26. The van der Waals surface area contributed by atoms with Crippen LogP contribution in [0.3, 0.4) is 0 Å². The molecular weight excluding hydrogens is 266 g/mol. The predicted octanol–water partition coefficient (Wildman–Crippen LogP) is 4.06. The molecule has 1 fully saturated rings. The highest BCUT2D eigenvalue weighted by atomic mass is 16.4. The van der Waals surface area contributed by atoms with Gasteiger partial charge < -0.3 is 14.4 Å². The number of hydrogen-bond donors (Lipinski definition) is 1. The molecule has 1 aliphatic rings. The first-order valence-electron chi connectivity index (χ1n) is 7.50. The summed E-state index contributed by atoms with van der Waals surface area (Å²) in [6.45, 7) is 7.09. The van der Waals surface area contributed by atoms with E-state index in [0.717, 1.165) is 18.2 Å². The van der Waals surface area contributed by atoms with Crippen LogP contribution < -0.4 is 4.90 Å². The lowest BCUT2D eigenvalue weighted by molar-refractivity contribution is 0.0697. The molecule has 1 saturated carbocycles. The fourth-order valence-electron chi connectivity index (χ4n) is 2.85. The van der Waals surface area contributed by atoms with Crippen molar-refractivity contribution in [2.75, 3.05) is 11.4 Å². The summed E-state index contributed by atoms with van der Waals surface area (Å²) in [6.07, 6.45) is 2.60. The number of furan rings is 1. The smallest absolute Gasteiger partial charge is 0.339 e. The molecule has 1 N–H and O–H groups in total. The predicted molar refractivity (Wildman–Crippen MR) is 83.1 cm³/mol. The lowest BCUT2D eigenvalue weighted by Gasteiger charge is -2.29. The topological polar surface area (TPSA) is 53.7 Å². The minimum Gasteiger partial charge on any atom is -0.478 e. The van der Waals surface area contributed by atoms with Gasteiger partial charge in [0.05, 0.1) is 0 Å². The van der Waals surface area contributed by atoms with Gasteiger partial charge in [0.2, 0.25) is 0 Å². The van der Waals surface area contributed by atoms with Crippen molar-refractivity contribution >= 4 is 22.6 Å². The first kappa shape index (κ1) is 14.0. The summed E-state index contributed by atoms with van der Waals surface area (Å²) in [7, 11) is 0. The maximum atomic E-state index is 11.4. The number of nitrogens with zero attached hydrogens (tertiary/aromatic N) is 1. The Morgan fingerprint density at radius 2 is 2.14 bits per heavy atom. The van der Waals surface area contributed by atoms with Gasteiger partial charge in [-0.2, -0.15) is 0 Å². The molecule has 1 aromatic heterocycles. The van der Waals surface area contributed by atoms with Gasteiger partial charge in [0.1, 0.15) is 16.9 Å². The fourth-order valence-corrected chi connectivity index (χ4v) is 2.85. The zero-order valence-electron chi connectivity index (χ0n) is 12.7. The molecule has 0 atom stereocenters. The highest BCUT2D eigenvalue weighted by molar-refractivity contribution is 6.04. The van der Waals surface area contributed by atoms with E-state index in [4.69, 9.17) is 4.42 Å². The summed E-state index contributed by atoms with van der Waals surface area (Å²) in [5, 5.41) is 10.1. The summed E-state index contributed by atoms with van der Waals surface area (Å²) < 4.78 is 5.55. The number of anilines is 1. The summed E-state index contributed by atoms with van der Waals surface area (Å²) in [5.74, 6) is 0.322. The zero-order chi connectivity index (χ0) is 15.1. The molecule has 0 amide bonds. The van der Waals surface area contributed by atoms with Crippen molar-refractivity contribution < 1.29 is 14.3 Å². The Morgan fingerprint density at radius 1 is 1.43 bits per heavy atom. The van der Waals surface area contributed by atoms with Gasteiger partial charge >= 0.3 is 5.97 Å². The van der Waals surface area contributed by atoms with Crippen LogP contribution in [-0.4, -0.2) is 23.7 Å². The Morgan fingerprint density at radius 3 is 2.71 bits per heavy atom. The molecule has 0 radical (unpaired) electrons. The first-order chi connectivity index (χ1) is 9.97. The molecule has 0 aliphatic heterocycles. The molecule has 1 aliphatic carbocycles. The van der Waals surface area contributed by atoms with Crippen LogP contribution in [0.1, 0.15) is 42.8 Å². The second kappa shape index (κ2) is 5.10. The maximum absolute atomic E-state index is 11.4. The second-order valence-electron chi connectivity index (χ2n) is 6.21. The van der Waals surface area contributed by atoms with Crippen molar-refractivity contribution in [3.05, 3.63) is 29.5 Å².